The van der Waals surface area contributed by atoms with Gasteiger partial charge in [0.25, 0.3) is 11.9 Å². The summed E-state index contributed by atoms with van der Waals surface area (Å²) in [6, 6.07) is 10.8. The van der Waals surface area contributed by atoms with Gasteiger partial charge in [-0.3, -0.25) is 20.2 Å². The molecule has 2 aromatic carbocycles. The van der Waals surface area contributed by atoms with Crippen LogP contribution in [0.15, 0.2) is 46.9 Å². The van der Waals surface area contributed by atoms with Crippen molar-refractivity contribution in [1.82, 2.24) is 5.32 Å². The molecule has 0 radical (unpaired) electrons. The van der Waals surface area contributed by atoms with E-state index in [0.717, 1.165) is 4.47 Å². The molecule has 4 atom stereocenters. The highest BCUT2D eigenvalue weighted by atomic mass is 79.9. The molecule has 2 aromatic rings. The lowest BCUT2D eigenvalue weighted by molar-refractivity contribution is -0.532. The number of amides is 1. The Morgan fingerprint density at radius 2 is 2.10 bits per heavy atom. The van der Waals surface area contributed by atoms with Crippen molar-refractivity contribution in [3.8, 4) is 18.1 Å². The monoisotopic (exact) mass is 455 g/mol. The Kier molecular flexibility index (Phi) is 4.81. The lowest BCUT2D eigenvalue weighted by atomic mass is 9.78. The van der Waals surface area contributed by atoms with Crippen LogP contribution in [0.3, 0.4) is 0 Å². The zero-order valence-corrected chi connectivity index (χ0v) is 17.1. The number of ether oxygens (including phenoxy) is 1. The molecule has 1 fully saturated rings. The third-order valence-electron chi connectivity index (χ3n) is 5.61. The van der Waals surface area contributed by atoms with E-state index in [1.807, 2.05) is 6.92 Å². The fraction of sp³-hybridized carbons (Fsp3) is 0.286. The molecule has 2 aliphatic rings. The van der Waals surface area contributed by atoms with Crippen LogP contribution in [0.2, 0.25) is 0 Å². The van der Waals surface area contributed by atoms with E-state index < -0.39 is 23.4 Å². The Labute approximate surface area is 176 Å². The van der Waals surface area contributed by atoms with E-state index in [1.54, 1.807) is 42.5 Å². The zero-order chi connectivity index (χ0) is 20.8. The number of anilines is 1. The van der Waals surface area contributed by atoms with E-state index in [9.17, 15) is 14.9 Å². The third-order valence-corrected chi connectivity index (χ3v) is 6.10. The molecule has 0 aliphatic carbocycles. The Morgan fingerprint density at radius 1 is 1.34 bits per heavy atom. The summed E-state index contributed by atoms with van der Waals surface area (Å²) in [5, 5.41) is 18.4. The van der Waals surface area contributed by atoms with E-state index in [1.165, 1.54) is 0 Å². The minimum atomic E-state index is -1.46. The SMILES string of the molecule is C#CCOc1ccc(Br)cc1[C@@H]1[C@H](C)N[C@@]2(C(=O)Nc3ccccc32)[C@@H]1[N+](=O)[O-]. The predicted octanol–water partition coefficient (Wildman–Crippen LogP) is 3.03. The first kappa shape index (κ1) is 19.4. The van der Waals surface area contributed by atoms with E-state index >= 15 is 0 Å². The fourth-order valence-corrected chi connectivity index (χ4v) is 4.93. The van der Waals surface area contributed by atoms with Gasteiger partial charge in [0.2, 0.25) is 0 Å². The second-order valence-electron chi connectivity index (χ2n) is 7.17. The standard InChI is InChI=1S/C21H18BrN3O4/c1-3-10-29-17-9-8-13(22)11-14(17)18-12(2)24-21(19(18)25(27)28)15-6-4-5-7-16(15)23-20(21)26/h1,4-9,11-12,18-19,24H,10H2,2H3,(H,23,26)/t12-,18-,19+,21+/m0/s1. The number of carbonyl (C=O) groups excluding carboxylic acids is 1. The number of nitrogens with zero attached hydrogens (tertiary/aromatic N) is 1. The van der Waals surface area contributed by atoms with Gasteiger partial charge >= 0.3 is 0 Å². The van der Waals surface area contributed by atoms with E-state index in [4.69, 9.17) is 11.2 Å². The van der Waals surface area contributed by atoms with Crippen molar-refractivity contribution >= 4 is 27.5 Å². The molecule has 148 valence electrons. The summed E-state index contributed by atoms with van der Waals surface area (Å²) in [5.41, 5.74) is 0.339. The Hall–Kier alpha value is -2.89. The number of halogens is 1. The minimum Gasteiger partial charge on any atom is -0.481 e. The Balaban J connectivity index is 1.89. The van der Waals surface area contributed by atoms with Crippen LogP contribution in [-0.4, -0.2) is 29.5 Å². The summed E-state index contributed by atoms with van der Waals surface area (Å²) in [6.07, 6.45) is 5.32. The molecule has 0 unspecified atom stereocenters. The van der Waals surface area contributed by atoms with E-state index in [2.05, 4.69) is 32.5 Å². The van der Waals surface area contributed by atoms with Crippen molar-refractivity contribution < 1.29 is 14.5 Å². The van der Waals surface area contributed by atoms with Gasteiger partial charge in [-0.1, -0.05) is 40.0 Å². The molecule has 1 spiro atoms. The van der Waals surface area contributed by atoms with Gasteiger partial charge in [0, 0.05) is 32.3 Å². The van der Waals surface area contributed by atoms with Crippen LogP contribution in [-0.2, 0) is 10.3 Å². The lowest BCUT2D eigenvalue weighted by Crippen LogP contribution is -2.54. The van der Waals surface area contributed by atoms with Crippen LogP contribution < -0.4 is 15.4 Å². The average Bonchev–Trinajstić information content (AvgIpc) is 3.15. The first-order valence-electron chi connectivity index (χ1n) is 9.08. The highest BCUT2D eigenvalue weighted by molar-refractivity contribution is 9.10. The molecule has 4 rings (SSSR count). The maximum absolute atomic E-state index is 13.1. The molecule has 0 saturated carbocycles. The number of carbonyl (C=O) groups is 1. The van der Waals surface area contributed by atoms with Gasteiger partial charge in [0.1, 0.15) is 12.4 Å². The number of benzene rings is 2. The third kappa shape index (κ3) is 2.89. The van der Waals surface area contributed by atoms with Crippen molar-refractivity contribution in [2.75, 3.05) is 11.9 Å². The van der Waals surface area contributed by atoms with Crippen molar-refractivity contribution in [3.05, 3.63) is 68.2 Å². The van der Waals surface area contributed by atoms with E-state index in [0.29, 0.717) is 22.6 Å². The van der Waals surface area contributed by atoms with Crippen LogP contribution in [0.4, 0.5) is 5.69 Å². The molecule has 7 nitrogen and oxygen atoms in total. The topological polar surface area (TPSA) is 93.5 Å². The molecule has 1 saturated heterocycles. The number of nitro groups is 1. The molecule has 2 N–H and O–H groups in total. The summed E-state index contributed by atoms with van der Waals surface area (Å²) in [6.45, 7) is 1.89. The molecular weight excluding hydrogens is 438 g/mol. The second kappa shape index (κ2) is 7.17. The number of nitrogens with one attached hydrogen (secondary N) is 2. The van der Waals surface area contributed by atoms with Crippen molar-refractivity contribution in [3.63, 3.8) is 0 Å². The molecule has 2 aliphatic heterocycles. The maximum atomic E-state index is 13.1. The molecule has 0 aromatic heterocycles. The number of terminal acetylenes is 1. The second-order valence-corrected chi connectivity index (χ2v) is 8.09. The summed E-state index contributed by atoms with van der Waals surface area (Å²) in [4.78, 5) is 25.1. The van der Waals surface area contributed by atoms with Crippen LogP contribution in [0.5, 0.6) is 5.75 Å². The van der Waals surface area contributed by atoms with Crippen LogP contribution in [0, 0.1) is 22.5 Å². The number of hydrogen-bond donors (Lipinski definition) is 2. The summed E-state index contributed by atoms with van der Waals surface area (Å²) in [5.74, 6) is 1.85. The van der Waals surface area contributed by atoms with Gasteiger partial charge < -0.3 is 10.1 Å². The lowest BCUT2D eigenvalue weighted by Gasteiger charge is -2.26. The van der Waals surface area contributed by atoms with Crippen molar-refractivity contribution in [2.24, 2.45) is 0 Å². The number of rotatable bonds is 4. The van der Waals surface area contributed by atoms with Gasteiger partial charge in [0.15, 0.2) is 5.54 Å². The van der Waals surface area contributed by atoms with Gasteiger partial charge in [-0.05, 0) is 31.2 Å². The summed E-state index contributed by atoms with van der Waals surface area (Å²) in [7, 11) is 0. The first-order chi connectivity index (χ1) is 13.9. The molecule has 0 bridgehead atoms. The van der Waals surface area contributed by atoms with Gasteiger partial charge in [-0.25, -0.2) is 0 Å². The van der Waals surface area contributed by atoms with Crippen molar-refractivity contribution in [2.45, 2.75) is 30.5 Å². The zero-order valence-electron chi connectivity index (χ0n) is 15.5. The van der Waals surface area contributed by atoms with E-state index in [-0.39, 0.29) is 17.6 Å². The van der Waals surface area contributed by atoms with Crippen molar-refractivity contribution in [1.29, 1.82) is 0 Å². The highest BCUT2D eigenvalue weighted by Crippen LogP contribution is 2.51. The quantitative estimate of drug-likeness (QED) is 0.419. The summed E-state index contributed by atoms with van der Waals surface area (Å²) >= 11 is 3.44. The van der Waals surface area contributed by atoms with Crippen LogP contribution >= 0.6 is 15.9 Å². The van der Waals surface area contributed by atoms with Gasteiger partial charge in [-0.2, -0.15) is 0 Å². The molecule has 29 heavy (non-hydrogen) atoms. The number of para-hydroxylation sites is 1. The van der Waals surface area contributed by atoms with Gasteiger partial charge in [-0.15, -0.1) is 6.42 Å². The number of fused-ring (bicyclic) bond motifs is 2. The largest absolute Gasteiger partial charge is 0.481 e. The minimum absolute atomic E-state index is 0.0424. The van der Waals surface area contributed by atoms with Crippen LogP contribution in [0.1, 0.15) is 24.0 Å². The average molecular weight is 456 g/mol. The Morgan fingerprint density at radius 3 is 2.83 bits per heavy atom. The predicted molar refractivity (Wildman–Crippen MR) is 111 cm³/mol. The molecule has 2 heterocycles. The Bertz CT molecular complexity index is 1050. The summed E-state index contributed by atoms with van der Waals surface area (Å²) < 4.78 is 6.43. The maximum Gasteiger partial charge on any atom is 0.256 e. The highest BCUT2D eigenvalue weighted by Gasteiger charge is 2.67. The number of hydrogen-bond acceptors (Lipinski definition) is 5. The molecule has 8 heteroatoms. The molecular formula is C21H18BrN3O4. The van der Waals surface area contributed by atoms with Crippen LogP contribution in [0.25, 0.3) is 0 Å². The first-order valence-corrected chi connectivity index (χ1v) is 9.87. The van der Waals surface area contributed by atoms with Gasteiger partial charge in [0.05, 0.1) is 5.92 Å². The molecule has 1 amide bonds. The smallest absolute Gasteiger partial charge is 0.256 e. The fourth-order valence-electron chi connectivity index (χ4n) is 4.55. The normalized spacial score (nSPS) is 27.3.